The van der Waals surface area contributed by atoms with E-state index in [2.05, 4.69) is 21.3 Å². The number of hydrogen-bond acceptors (Lipinski definition) is 15. The molecule has 25 nitrogen and oxygen atoms in total. The van der Waals surface area contributed by atoms with E-state index in [1.54, 1.807) is 34.6 Å². The van der Waals surface area contributed by atoms with E-state index >= 15 is 28.8 Å². The Morgan fingerprint density at radius 1 is 0.542 bits per heavy atom. The van der Waals surface area contributed by atoms with Gasteiger partial charge in [0, 0.05) is 67.9 Å². The van der Waals surface area contributed by atoms with Gasteiger partial charge in [-0.1, -0.05) is 95.2 Å². The van der Waals surface area contributed by atoms with E-state index < -0.39 is 155 Å². The first-order valence-electron chi connectivity index (χ1n) is 34.5. The Morgan fingerprint density at radius 3 is 1.51 bits per heavy atom. The summed E-state index contributed by atoms with van der Waals surface area (Å²) in [6, 6.07) is -13.8. The van der Waals surface area contributed by atoms with Gasteiger partial charge in [-0.2, -0.15) is 11.8 Å². The average Bonchev–Trinajstić information content (AvgIpc) is 0.818. The first kappa shape index (κ1) is 87.7. The molecule has 1 fully saturated rings. The number of likely N-dealkylation sites (N-methyl/N-ethyl adjacent to an activating group) is 7. The maximum absolute atomic E-state index is 15.4. The Morgan fingerprint density at radius 2 is 1.01 bits per heavy atom. The van der Waals surface area contributed by atoms with E-state index in [1.807, 2.05) is 67.5 Å². The van der Waals surface area contributed by atoms with Crippen LogP contribution in [0.25, 0.3) is 0 Å². The number of hydrogen-bond donors (Lipinski definition) is 5. The predicted molar refractivity (Wildman–Crippen MR) is 375 cm³/mol. The van der Waals surface area contributed by atoms with Gasteiger partial charge in [0.1, 0.15) is 66.5 Å². The van der Waals surface area contributed by atoms with E-state index in [9.17, 15) is 33.9 Å². The number of esters is 1. The van der Waals surface area contributed by atoms with Crippen molar-refractivity contribution in [3.8, 4) is 0 Å². The van der Waals surface area contributed by atoms with Gasteiger partial charge in [-0.15, -0.1) is 0 Å². The zero-order valence-corrected chi connectivity index (χ0v) is 63.8. The number of carbonyl (C=O) groups excluding carboxylic acids is 12. The molecule has 1 aliphatic heterocycles. The second kappa shape index (κ2) is 41.2. The molecule has 5 N–H and O–H groups in total. The van der Waals surface area contributed by atoms with Crippen molar-refractivity contribution in [3.05, 3.63) is 12.2 Å². The highest BCUT2D eigenvalue weighted by atomic mass is 32.2. The third-order valence-corrected chi connectivity index (χ3v) is 19.2. The van der Waals surface area contributed by atoms with E-state index in [4.69, 9.17) is 4.74 Å². The molecule has 0 bridgehead atoms. The molecule has 0 aromatic carbocycles. The van der Waals surface area contributed by atoms with Crippen LogP contribution in [-0.2, 0) is 62.3 Å². The third kappa shape index (κ3) is 26.8. The van der Waals surface area contributed by atoms with Gasteiger partial charge in [-0.3, -0.25) is 57.5 Å². The lowest BCUT2D eigenvalue weighted by Crippen LogP contribution is -2.62. The summed E-state index contributed by atoms with van der Waals surface area (Å²) in [5.74, 6) is -8.97. The lowest BCUT2D eigenvalue weighted by molar-refractivity contribution is -0.156. The Labute approximate surface area is 579 Å². The number of nitrogens with zero attached hydrogens (tertiary/aromatic N) is 7. The molecule has 1 saturated heterocycles. The van der Waals surface area contributed by atoms with Crippen LogP contribution < -0.4 is 21.3 Å². The van der Waals surface area contributed by atoms with Crippen LogP contribution in [0, 0.1) is 35.5 Å². The fourth-order valence-electron chi connectivity index (χ4n) is 11.8. The van der Waals surface area contributed by atoms with Gasteiger partial charge in [-0.05, 0) is 134 Å². The van der Waals surface area contributed by atoms with Gasteiger partial charge in [0.05, 0.1) is 12.7 Å². The number of thioether (sulfide) groups is 1. The highest BCUT2D eigenvalue weighted by Gasteiger charge is 2.45. The quantitative estimate of drug-likeness (QED) is 0.0496. The van der Waals surface area contributed by atoms with Gasteiger partial charge in [0.2, 0.25) is 65.0 Å². The number of rotatable bonds is 23. The molecule has 1 aliphatic rings. The Bertz CT molecular complexity index is 2630. The first-order valence-corrected chi connectivity index (χ1v) is 35.7. The van der Waals surface area contributed by atoms with Crippen molar-refractivity contribution < 1.29 is 67.4 Å². The second-order valence-electron chi connectivity index (χ2n) is 29.1. The van der Waals surface area contributed by atoms with Gasteiger partial charge in [0.15, 0.2) is 0 Å². The molecule has 0 unspecified atom stereocenters. The van der Waals surface area contributed by atoms with Crippen molar-refractivity contribution in [2.45, 2.75) is 260 Å². The maximum Gasteiger partial charge on any atom is 0.305 e. The smallest absolute Gasteiger partial charge is 0.305 e. The number of methoxy groups -OCH3 is 1. The normalized spacial score (nSPS) is 25.7. The van der Waals surface area contributed by atoms with Gasteiger partial charge in [-0.25, -0.2) is 0 Å². The van der Waals surface area contributed by atoms with Crippen molar-refractivity contribution in [1.29, 1.82) is 0 Å². The molecule has 11 amide bonds. The fourth-order valence-corrected chi connectivity index (χ4v) is 12.9. The molecule has 0 aliphatic carbocycles. The predicted octanol–water partition coefficient (Wildman–Crippen LogP) is 5.25. The van der Waals surface area contributed by atoms with Crippen LogP contribution in [0.4, 0.5) is 0 Å². The highest BCUT2D eigenvalue weighted by Crippen LogP contribution is 2.27. The van der Waals surface area contributed by atoms with E-state index in [0.717, 1.165) is 4.90 Å². The monoisotopic (exact) mass is 1380 g/mol. The molecule has 26 heteroatoms. The second-order valence-corrected chi connectivity index (χ2v) is 30.2. The van der Waals surface area contributed by atoms with E-state index in [0.29, 0.717) is 31.4 Å². The Hall–Kier alpha value is -6.31. The summed E-state index contributed by atoms with van der Waals surface area (Å²) in [6.07, 6.45) is 5.99. The van der Waals surface area contributed by atoms with Crippen molar-refractivity contribution >= 4 is 82.7 Å². The minimum absolute atomic E-state index is 0.0180. The molecule has 0 radical (unpaired) electrons. The average molecular weight is 1380 g/mol. The minimum atomic E-state index is -1.60. The zero-order chi connectivity index (χ0) is 74.1. The summed E-state index contributed by atoms with van der Waals surface area (Å²) in [5.41, 5.74) is -1.60. The standard InChI is InChI=1S/C70H125N11O14S/c1-26-28-30-46(13)38-52-61(85)73-49(27-2)64(88)80(23)55(40-96-36-29-31-56(82)95-25)67(91)79(22)54(39-70(16,17)94)62(86)74-57(44(9)10)68(92)75(18)50(34-32-41(3)4)60(84)71-47(14)59(83)72-48(15)63(87)78(21)53(37-43(7)8)66(90)76(19)51(35-33-42(5)6)65(89)81(24)58(45(11)12)69(93)77(52)20/h26,28,41-55,57-58,94H,27,29-40H2,1-25H3,(H,71,84)(H,72,83)(H,73,85)(H,74,86)/b28-26+/t46-,47-,48+,49-,50-,51-,52-,53+,54+,55+,57-,58-/m1/s1. The largest absolute Gasteiger partial charge is 0.469 e. The van der Waals surface area contributed by atoms with Crippen LogP contribution in [0.2, 0.25) is 0 Å². The molecule has 12 atom stereocenters. The van der Waals surface area contributed by atoms with Crippen LogP contribution in [-0.4, -0.2) is 250 Å². The number of nitrogens with one attached hydrogen (secondary N) is 4. The number of allylic oxidation sites excluding steroid dienone is 2. The van der Waals surface area contributed by atoms with Crippen molar-refractivity contribution in [2.75, 3.05) is 67.9 Å². The summed E-state index contributed by atoms with van der Waals surface area (Å²) in [5, 5.41) is 22.6. The van der Waals surface area contributed by atoms with Crippen LogP contribution in [0.15, 0.2) is 12.2 Å². The third-order valence-electron chi connectivity index (χ3n) is 18.0. The van der Waals surface area contributed by atoms with Crippen LogP contribution in [0.1, 0.15) is 188 Å². The number of amides is 11. The maximum atomic E-state index is 15.4. The Kier molecular flexibility index (Phi) is 37.6. The number of ether oxygens (including phenoxy) is 1. The first-order chi connectivity index (χ1) is 44.4. The molecule has 550 valence electrons. The fraction of sp³-hybridized carbons (Fsp3) is 0.800. The molecule has 96 heavy (non-hydrogen) atoms. The molecule has 1 rings (SSSR count). The topological polar surface area (TPSA) is 305 Å². The summed E-state index contributed by atoms with van der Waals surface area (Å²) in [4.78, 5) is 185. The summed E-state index contributed by atoms with van der Waals surface area (Å²) >= 11 is 1.26. The number of carbonyl (C=O) groups is 12. The van der Waals surface area contributed by atoms with Crippen LogP contribution in [0.3, 0.4) is 0 Å². The summed E-state index contributed by atoms with van der Waals surface area (Å²) in [6.45, 7) is 29.8. The Balaban J connectivity index is 4.56. The lowest BCUT2D eigenvalue weighted by Gasteiger charge is -2.41. The van der Waals surface area contributed by atoms with E-state index in [1.165, 1.54) is 125 Å². The minimum Gasteiger partial charge on any atom is -0.469 e. The molecule has 1 heterocycles. The van der Waals surface area contributed by atoms with Crippen molar-refractivity contribution in [3.63, 3.8) is 0 Å². The highest BCUT2D eigenvalue weighted by molar-refractivity contribution is 7.99. The molecular weight excluding hydrogens is 1250 g/mol. The van der Waals surface area contributed by atoms with Gasteiger partial charge < -0.3 is 65.4 Å². The number of aliphatic hydroxyl groups is 1. The molecule has 0 aromatic rings. The molecule has 0 aromatic heterocycles. The SMILES string of the molecule is C/C=C/C[C@@H](C)C[C@@H]1C(=O)N[C@H](CC)C(=O)N(C)[C@@H](CSCCCC(=O)OC)C(=O)N(C)[C@@H](CC(C)(C)O)C(=O)N[C@H](C(C)C)C(=O)N(C)[C@H](CCC(C)C)C(=O)N[C@H](C)C(=O)N[C@@H](C)C(=O)N(C)[C@@H](CC(C)C)C(=O)N(C)[C@H](CCC(C)C)C(=O)N(C)[C@H](C(C)C)C(=O)N1C. The van der Waals surface area contributed by atoms with Crippen molar-refractivity contribution in [2.24, 2.45) is 35.5 Å². The van der Waals surface area contributed by atoms with E-state index in [-0.39, 0.29) is 74.4 Å². The summed E-state index contributed by atoms with van der Waals surface area (Å²) in [7, 11) is 11.4. The van der Waals surface area contributed by atoms with Crippen LogP contribution >= 0.6 is 11.8 Å². The molecule has 0 spiro atoms. The zero-order valence-electron chi connectivity index (χ0n) is 63.0. The molecule has 0 saturated carbocycles. The van der Waals surface area contributed by atoms with Crippen molar-refractivity contribution in [1.82, 2.24) is 55.6 Å². The lowest BCUT2D eigenvalue weighted by atomic mass is 9.94. The van der Waals surface area contributed by atoms with Crippen LogP contribution in [0.5, 0.6) is 0 Å². The van der Waals surface area contributed by atoms with Gasteiger partial charge in [0.25, 0.3) is 0 Å². The molecular formula is C70H125N11O14S. The summed E-state index contributed by atoms with van der Waals surface area (Å²) < 4.78 is 4.83. The van der Waals surface area contributed by atoms with Gasteiger partial charge >= 0.3 is 5.97 Å².